The molecule has 5 aliphatic rings. The fraction of sp³-hybridized carbons (Fsp3) is 0.867. The molecule has 5 fully saturated rings. The zero-order chi connectivity index (χ0) is 26.0. The van der Waals surface area contributed by atoms with E-state index < -0.39 is 23.0 Å². The molecule has 36 heavy (non-hydrogen) atoms. The highest BCUT2D eigenvalue weighted by atomic mass is 32.2. The largest absolute Gasteiger partial charge is 0.461 e. The van der Waals surface area contributed by atoms with Crippen LogP contribution in [-0.4, -0.2) is 64.1 Å². The molecule has 11 atom stereocenters. The van der Waals surface area contributed by atoms with Crippen LogP contribution in [0.3, 0.4) is 0 Å². The molecule has 2 aliphatic heterocycles. The average molecular weight is 518 g/mol. The van der Waals surface area contributed by atoms with Gasteiger partial charge >= 0.3 is 5.97 Å². The first-order valence-electron chi connectivity index (χ1n) is 14.3. The van der Waals surface area contributed by atoms with Crippen molar-refractivity contribution >= 4 is 23.5 Å². The number of piperidine rings is 1. The topological polar surface area (TPSA) is 66.8 Å². The summed E-state index contributed by atoms with van der Waals surface area (Å²) in [4.78, 5) is 29.4. The fourth-order valence-corrected chi connectivity index (χ4v) is 10.5. The van der Waals surface area contributed by atoms with Gasteiger partial charge in [-0.2, -0.15) is 0 Å². The van der Waals surface area contributed by atoms with Crippen molar-refractivity contribution < 1.29 is 19.4 Å². The van der Waals surface area contributed by atoms with Crippen molar-refractivity contribution in [3.8, 4) is 0 Å². The van der Waals surface area contributed by atoms with Gasteiger partial charge in [-0.3, -0.25) is 9.59 Å². The van der Waals surface area contributed by atoms with Gasteiger partial charge in [-0.05, 0) is 75.7 Å². The standard InChI is InChI=1S/C30H47NO4S/c1-7-28(4)16-24(35-25(33)17-36-22-14-20-8-9-21(15-22)31(20)6)29(5)18(2)10-12-30(19(3)27(28)34)13-11-23(32)26(29)30/h7,18-22,24,26-27,34H,1,8-17H2,2-6H3/t18-,19+,20-,21+,22?,24-,26+,27+,28+,29+,30-/m1/s1. The number of esters is 1. The number of thioether (sulfide) groups is 1. The van der Waals surface area contributed by atoms with E-state index in [0.29, 0.717) is 41.7 Å². The molecule has 0 amide bonds. The van der Waals surface area contributed by atoms with Gasteiger partial charge in [-0.25, -0.2) is 0 Å². The van der Waals surface area contributed by atoms with E-state index >= 15 is 0 Å². The molecule has 0 aromatic carbocycles. The number of ketones is 1. The van der Waals surface area contributed by atoms with Crippen LogP contribution >= 0.6 is 11.8 Å². The maximum Gasteiger partial charge on any atom is 0.316 e. The van der Waals surface area contributed by atoms with E-state index in [1.807, 2.05) is 6.08 Å². The Hall–Kier alpha value is -0.850. The third kappa shape index (κ3) is 3.95. The third-order valence-corrected chi connectivity index (χ3v) is 13.3. The second-order valence-electron chi connectivity index (χ2n) is 13.5. The van der Waals surface area contributed by atoms with Gasteiger partial charge in [0.25, 0.3) is 0 Å². The van der Waals surface area contributed by atoms with Gasteiger partial charge in [0.15, 0.2) is 0 Å². The molecule has 1 unspecified atom stereocenters. The van der Waals surface area contributed by atoms with Crippen LogP contribution in [0.25, 0.3) is 0 Å². The molecule has 5 rings (SSSR count). The molecular weight excluding hydrogens is 470 g/mol. The molecule has 6 heteroatoms. The van der Waals surface area contributed by atoms with Gasteiger partial charge < -0.3 is 14.7 Å². The van der Waals surface area contributed by atoms with Crippen molar-refractivity contribution in [2.75, 3.05) is 12.8 Å². The van der Waals surface area contributed by atoms with Crippen LogP contribution in [0.2, 0.25) is 0 Å². The first-order valence-corrected chi connectivity index (χ1v) is 15.4. The molecule has 0 aromatic rings. The Balaban J connectivity index is 1.39. The van der Waals surface area contributed by atoms with Crippen molar-refractivity contribution in [1.82, 2.24) is 4.90 Å². The Morgan fingerprint density at radius 2 is 1.86 bits per heavy atom. The highest BCUT2D eigenvalue weighted by molar-refractivity contribution is 8.00. The number of aliphatic hydroxyl groups excluding tert-OH is 1. The number of carbonyl (C=O) groups is 2. The first kappa shape index (κ1) is 26.7. The zero-order valence-electron chi connectivity index (χ0n) is 23.0. The summed E-state index contributed by atoms with van der Waals surface area (Å²) in [7, 11) is 2.24. The van der Waals surface area contributed by atoms with E-state index in [9.17, 15) is 14.7 Å². The molecule has 4 bridgehead atoms. The van der Waals surface area contributed by atoms with E-state index in [1.54, 1.807) is 11.8 Å². The Morgan fingerprint density at radius 3 is 2.50 bits per heavy atom. The lowest BCUT2D eigenvalue weighted by molar-refractivity contribution is -0.205. The molecule has 202 valence electrons. The monoisotopic (exact) mass is 517 g/mol. The van der Waals surface area contributed by atoms with Crippen molar-refractivity contribution in [2.45, 2.75) is 115 Å². The molecule has 0 radical (unpaired) electrons. The third-order valence-electron chi connectivity index (χ3n) is 12.1. The van der Waals surface area contributed by atoms with Crippen molar-refractivity contribution in [1.29, 1.82) is 0 Å². The van der Waals surface area contributed by atoms with Crippen molar-refractivity contribution in [2.24, 2.45) is 34.0 Å². The molecule has 1 N–H and O–H groups in total. The molecular formula is C30H47NO4S. The zero-order valence-corrected chi connectivity index (χ0v) is 23.8. The molecule has 0 aromatic heterocycles. The number of hydrogen-bond donors (Lipinski definition) is 1. The summed E-state index contributed by atoms with van der Waals surface area (Å²) in [6, 6.07) is 1.31. The Bertz CT molecular complexity index is 895. The van der Waals surface area contributed by atoms with E-state index in [4.69, 9.17) is 4.74 Å². The smallest absolute Gasteiger partial charge is 0.316 e. The number of Topliss-reactive ketones (excluding diaryl/α,β-unsaturated/α-hetero) is 1. The molecule has 2 heterocycles. The summed E-state index contributed by atoms with van der Waals surface area (Å²) in [5.74, 6) is 0.605. The van der Waals surface area contributed by atoms with Gasteiger partial charge in [0, 0.05) is 40.5 Å². The van der Waals surface area contributed by atoms with Crippen LogP contribution in [0.1, 0.15) is 85.5 Å². The second-order valence-corrected chi connectivity index (χ2v) is 14.8. The van der Waals surface area contributed by atoms with Gasteiger partial charge in [-0.15, -0.1) is 18.3 Å². The predicted molar refractivity (Wildman–Crippen MR) is 145 cm³/mol. The quantitative estimate of drug-likeness (QED) is 0.397. The number of aliphatic hydroxyl groups is 1. The minimum atomic E-state index is -0.619. The van der Waals surface area contributed by atoms with E-state index in [2.05, 4.69) is 46.2 Å². The van der Waals surface area contributed by atoms with Crippen LogP contribution in [0.4, 0.5) is 0 Å². The summed E-state index contributed by atoms with van der Waals surface area (Å²) >= 11 is 1.76. The molecule has 0 spiro atoms. The summed E-state index contributed by atoms with van der Waals surface area (Å²) in [5.41, 5.74) is -1.24. The van der Waals surface area contributed by atoms with Crippen LogP contribution in [0, 0.1) is 34.0 Å². The number of carbonyl (C=O) groups excluding carboxylic acids is 2. The van der Waals surface area contributed by atoms with Crippen LogP contribution in [0.15, 0.2) is 12.7 Å². The lowest BCUT2D eigenvalue weighted by Crippen LogP contribution is -2.63. The minimum Gasteiger partial charge on any atom is -0.461 e. The van der Waals surface area contributed by atoms with Gasteiger partial charge in [0.2, 0.25) is 0 Å². The number of rotatable bonds is 5. The summed E-state index contributed by atoms with van der Waals surface area (Å²) < 4.78 is 6.42. The Morgan fingerprint density at radius 1 is 1.19 bits per heavy atom. The highest BCUT2D eigenvalue weighted by Gasteiger charge is 2.68. The fourth-order valence-electron chi connectivity index (χ4n) is 9.38. The van der Waals surface area contributed by atoms with E-state index in [1.165, 1.54) is 12.8 Å². The lowest BCUT2D eigenvalue weighted by Gasteiger charge is -2.61. The second kappa shape index (κ2) is 9.41. The van der Waals surface area contributed by atoms with Crippen LogP contribution < -0.4 is 0 Å². The highest BCUT2D eigenvalue weighted by Crippen LogP contribution is 2.68. The summed E-state index contributed by atoms with van der Waals surface area (Å²) in [5, 5.41) is 12.2. The Kier molecular flexibility index (Phi) is 6.99. The predicted octanol–water partition coefficient (Wildman–Crippen LogP) is 5.25. The Labute approximate surface area is 222 Å². The maximum absolute atomic E-state index is 13.5. The molecule has 5 nitrogen and oxygen atoms in total. The summed E-state index contributed by atoms with van der Waals surface area (Å²) in [6.45, 7) is 12.8. The van der Waals surface area contributed by atoms with Crippen molar-refractivity contribution in [3.63, 3.8) is 0 Å². The van der Waals surface area contributed by atoms with E-state index in [-0.39, 0.29) is 29.1 Å². The number of hydrogen-bond acceptors (Lipinski definition) is 6. The van der Waals surface area contributed by atoms with Crippen molar-refractivity contribution in [3.05, 3.63) is 12.7 Å². The lowest BCUT2D eigenvalue weighted by atomic mass is 9.44. The van der Waals surface area contributed by atoms with Crippen LogP contribution in [-0.2, 0) is 14.3 Å². The molecule has 3 saturated carbocycles. The maximum atomic E-state index is 13.5. The number of nitrogens with zero attached hydrogens (tertiary/aromatic N) is 1. The summed E-state index contributed by atoms with van der Waals surface area (Å²) in [6.07, 6.45) is 9.58. The molecule has 3 aliphatic carbocycles. The van der Waals surface area contributed by atoms with Crippen LogP contribution in [0.5, 0.6) is 0 Å². The van der Waals surface area contributed by atoms with Gasteiger partial charge in [-0.1, -0.05) is 33.8 Å². The number of ether oxygens (including phenoxy) is 1. The minimum absolute atomic E-state index is 0.00390. The molecule has 2 saturated heterocycles. The number of fused-ring (bicyclic) bond motifs is 2. The van der Waals surface area contributed by atoms with Gasteiger partial charge in [0.1, 0.15) is 11.9 Å². The first-order chi connectivity index (χ1) is 17.0. The average Bonchev–Trinajstić information content (AvgIpc) is 3.28. The van der Waals surface area contributed by atoms with E-state index in [0.717, 1.165) is 32.1 Å². The normalized spacial score (nSPS) is 50.8. The van der Waals surface area contributed by atoms with Gasteiger partial charge in [0.05, 0.1) is 11.9 Å². The SMILES string of the molecule is C=C[C@@]1(C)C[C@@H](OC(=O)CSC2C[C@H]3CC[C@@H](C2)N3C)[C@]2(C)[C@H](C)CC[C@@]3(CCC(=O)[C@H]32)[C@@H](C)[C@@H]1O.